The number of halogens is 1. The van der Waals surface area contributed by atoms with E-state index in [1.807, 2.05) is 38.1 Å². The van der Waals surface area contributed by atoms with Crippen LogP contribution < -0.4 is 16.1 Å². The van der Waals surface area contributed by atoms with E-state index in [4.69, 9.17) is 4.74 Å². The second-order valence-electron chi connectivity index (χ2n) is 7.44. The highest BCUT2D eigenvalue weighted by Gasteiger charge is 2.21. The zero-order chi connectivity index (χ0) is 23.3. The molecule has 3 rings (SSSR count). The Morgan fingerprint density at radius 3 is 2.41 bits per heavy atom. The number of aryl methyl sites for hydroxylation is 2. The molecule has 0 atom stereocenters. The van der Waals surface area contributed by atoms with E-state index in [1.54, 1.807) is 25.3 Å². The Balaban J connectivity index is 1.87. The third kappa shape index (κ3) is 5.74. The Kier molecular flexibility index (Phi) is 7.66. The van der Waals surface area contributed by atoms with E-state index in [1.165, 1.54) is 4.68 Å². The summed E-state index contributed by atoms with van der Waals surface area (Å²) in [5.74, 6) is -2.08. The first-order valence-electron chi connectivity index (χ1n) is 10.1. The van der Waals surface area contributed by atoms with Crippen molar-refractivity contribution in [3.05, 3.63) is 63.8 Å². The molecule has 0 fully saturated rings. The second-order valence-corrected chi connectivity index (χ2v) is 8.36. The van der Waals surface area contributed by atoms with E-state index in [0.717, 1.165) is 21.0 Å². The molecule has 8 nitrogen and oxygen atoms in total. The Bertz CT molecular complexity index is 1150. The summed E-state index contributed by atoms with van der Waals surface area (Å²) >= 11 is 3.42. The number of nitrogens with zero attached hydrogens (tertiary/aromatic N) is 1. The molecular formula is C23H25BrN4O4. The maximum atomic E-state index is 13.1. The maximum Gasteiger partial charge on any atom is 0.328 e. The smallest absolute Gasteiger partial charge is 0.328 e. The summed E-state index contributed by atoms with van der Waals surface area (Å²) in [7, 11) is 1.56. The molecule has 3 N–H and O–H groups in total. The van der Waals surface area contributed by atoms with Gasteiger partial charge in [-0.15, -0.1) is 0 Å². The number of nitrogens with one attached hydrogen (secondary N) is 3. The highest BCUT2D eigenvalue weighted by atomic mass is 79.9. The number of carbonyl (C=O) groups is 3. The molecule has 0 saturated heterocycles. The summed E-state index contributed by atoms with van der Waals surface area (Å²) in [6.45, 7) is 4.67. The standard InChI is InChI=1S/C23H25BrN4O4/c1-14-9-15(2)11-18(10-14)26-21(29)20-13-16-12-17(24)5-6-19(16)28(20)27-23(31)22(30)25-7-4-8-32-3/h5-6,9-13H,4,7-8H2,1-3H3,(H,25,30)(H,26,29)(H,27,31). The Morgan fingerprint density at radius 1 is 1.00 bits per heavy atom. The fourth-order valence-electron chi connectivity index (χ4n) is 3.37. The van der Waals surface area contributed by atoms with Gasteiger partial charge in [0.1, 0.15) is 5.69 Å². The minimum Gasteiger partial charge on any atom is -0.385 e. The molecule has 0 aliphatic rings. The molecule has 0 aliphatic heterocycles. The van der Waals surface area contributed by atoms with E-state index in [9.17, 15) is 14.4 Å². The first-order chi connectivity index (χ1) is 15.3. The van der Waals surface area contributed by atoms with E-state index in [-0.39, 0.29) is 5.69 Å². The van der Waals surface area contributed by atoms with Crippen molar-refractivity contribution in [1.82, 2.24) is 9.99 Å². The molecule has 1 heterocycles. The molecule has 0 radical (unpaired) electrons. The first kappa shape index (κ1) is 23.5. The number of aromatic nitrogens is 1. The number of ether oxygens (including phenoxy) is 1. The van der Waals surface area contributed by atoms with Gasteiger partial charge in [0.2, 0.25) is 0 Å². The molecule has 9 heteroatoms. The lowest BCUT2D eigenvalue weighted by Gasteiger charge is -2.13. The van der Waals surface area contributed by atoms with Crippen LogP contribution in [0.25, 0.3) is 10.9 Å². The lowest BCUT2D eigenvalue weighted by molar-refractivity contribution is -0.136. The van der Waals surface area contributed by atoms with Crippen molar-refractivity contribution in [3.63, 3.8) is 0 Å². The van der Waals surface area contributed by atoms with Crippen molar-refractivity contribution < 1.29 is 19.1 Å². The number of amides is 3. The van der Waals surface area contributed by atoms with Crippen molar-refractivity contribution in [1.29, 1.82) is 0 Å². The topological polar surface area (TPSA) is 101 Å². The van der Waals surface area contributed by atoms with Crippen molar-refractivity contribution >= 4 is 50.2 Å². The molecule has 0 bridgehead atoms. The molecule has 1 aromatic heterocycles. The van der Waals surface area contributed by atoms with Crippen LogP contribution in [0.4, 0.5) is 5.69 Å². The molecule has 2 aromatic carbocycles. The van der Waals surface area contributed by atoms with Gasteiger partial charge in [-0.2, -0.15) is 0 Å². The summed E-state index contributed by atoms with van der Waals surface area (Å²) in [6, 6.07) is 12.8. The average molecular weight is 501 g/mol. The predicted molar refractivity (Wildman–Crippen MR) is 127 cm³/mol. The van der Waals surface area contributed by atoms with Gasteiger partial charge in [0, 0.05) is 35.8 Å². The summed E-state index contributed by atoms with van der Waals surface area (Å²) in [6.07, 6.45) is 0.583. The highest BCUT2D eigenvalue weighted by molar-refractivity contribution is 9.10. The van der Waals surface area contributed by atoms with Crippen LogP contribution in [0.5, 0.6) is 0 Å². The van der Waals surface area contributed by atoms with Gasteiger partial charge in [-0.25, -0.2) is 4.68 Å². The van der Waals surface area contributed by atoms with Crippen molar-refractivity contribution in [2.75, 3.05) is 31.0 Å². The van der Waals surface area contributed by atoms with Crippen LogP contribution in [0, 0.1) is 13.8 Å². The summed E-state index contributed by atoms with van der Waals surface area (Å²) in [5.41, 5.74) is 6.00. The largest absolute Gasteiger partial charge is 0.385 e. The average Bonchev–Trinajstić information content (AvgIpc) is 3.07. The van der Waals surface area contributed by atoms with E-state index < -0.39 is 17.7 Å². The number of fused-ring (bicyclic) bond motifs is 1. The zero-order valence-electron chi connectivity index (χ0n) is 18.1. The van der Waals surface area contributed by atoms with Gasteiger partial charge in [-0.3, -0.25) is 19.8 Å². The number of rotatable bonds is 7. The molecule has 0 spiro atoms. The van der Waals surface area contributed by atoms with Gasteiger partial charge in [-0.1, -0.05) is 22.0 Å². The normalized spacial score (nSPS) is 10.8. The van der Waals surface area contributed by atoms with E-state index in [2.05, 4.69) is 32.0 Å². The number of hydrogen-bond donors (Lipinski definition) is 3. The van der Waals surface area contributed by atoms with Crippen LogP contribution >= 0.6 is 15.9 Å². The zero-order valence-corrected chi connectivity index (χ0v) is 19.7. The first-order valence-corrected chi connectivity index (χ1v) is 10.9. The van der Waals surface area contributed by atoms with Crippen LogP contribution in [0.3, 0.4) is 0 Å². The van der Waals surface area contributed by atoms with Gasteiger partial charge >= 0.3 is 11.8 Å². The van der Waals surface area contributed by atoms with E-state index in [0.29, 0.717) is 30.8 Å². The molecular weight excluding hydrogens is 476 g/mol. The minimum absolute atomic E-state index is 0.192. The van der Waals surface area contributed by atoms with Gasteiger partial charge in [0.05, 0.1) is 5.52 Å². The van der Waals surface area contributed by atoms with Crippen LogP contribution in [0.1, 0.15) is 28.0 Å². The third-order valence-corrected chi connectivity index (χ3v) is 5.20. The van der Waals surface area contributed by atoms with Gasteiger partial charge in [0.25, 0.3) is 5.91 Å². The Labute approximate surface area is 194 Å². The molecule has 0 aliphatic carbocycles. The van der Waals surface area contributed by atoms with Crippen LogP contribution in [0.2, 0.25) is 0 Å². The number of methoxy groups -OCH3 is 1. The third-order valence-electron chi connectivity index (χ3n) is 4.71. The fourth-order valence-corrected chi connectivity index (χ4v) is 3.75. The minimum atomic E-state index is -0.872. The van der Waals surface area contributed by atoms with Gasteiger partial charge < -0.3 is 15.4 Å². The molecule has 3 aromatic rings. The highest BCUT2D eigenvalue weighted by Crippen LogP contribution is 2.24. The van der Waals surface area contributed by atoms with Crippen LogP contribution in [-0.4, -0.2) is 42.7 Å². The number of hydrogen-bond acceptors (Lipinski definition) is 4. The van der Waals surface area contributed by atoms with Gasteiger partial charge in [0.15, 0.2) is 0 Å². The second kappa shape index (κ2) is 10.4. The van der Waals surface area contributed by atoms with Crippen LogP contribution in [0.15, 0.2) is 46.9 Å². The van der Waals surface area contributed by atoms with Crippen molar-refractivity contribution in [3.8, 4) is 0 Å². The Hall–Kier alpha value is -3.17. The summed E-state index contributed by atoms with van der Waals surface area (Å²) in [5, 5.41) is 6.13. The predicted octanol–water partition coefficient (Wildman–Crippen LogP) is 3.50. The monoisotopic (exact) mass is 500 g/mol. The van der Waals surface area contributed by atoms with E-state index >= 15 is 0 Å². The summed E-state index contributed by atoms with van der Waals surface area (Å²) < 4.78 is 7.08. The number of anilines is 1. The van der Waals surface area contributed by atoms with Gasteiger partial charge in [-0.05, 0) is 67.8 Å². The molecule has 32 heavy (non-hydrogen) atoms. The van der Waals surface area contributed by atoms with Crippen LogP contribution in [-0.2, 0) is 14.3 Å². The Morgan fingerprint density at radius 2 is 1.72 bits per heavy atom. The van der Waals surface area contributed by atoms with Crippen molar-refractivity contribution in [2.24, 2.45) is 0 Å². The molecule has 3 amide bonds. The quantitative estimate of drug-likeness (QED) is 0.341. The lowest BCUT2D eigenvalue weighted by Crippen LogP contribution is -2.40. The number of carbonyl (C=O) groups excluding carboxylic acids is 3. The molecule has 0 saturated carbocycles. The molecule has 168 valence electrons. The maximum absolute atomic E-state index is 13.1. The number of benzene rings is 2. The SMILES string of the molecule is COCCCNC(=O)C(=O)Nn1c(C(=O)Nc2cc(C)cc(C)c2)cc2cc(Br)ccc21. The van der Waals surface area contributed by atoms with Crippen molar-refractivity contribution in [2.45, 2.75) is 20.3 Å². The fraction of sp³-hybridized carbons (Fsp3) is 0.261. The lowest BCUT2D eigenvalue weighted by atomic mass is 10.1. The summed E-state index contributed by atoms with van der Waals surface area (Å²) in [4.78, 5) is 37.8. The molecule has 0 unspecified atom stereocenters.